The molecule has 1 unspecified atom stereocenters. The van der Waals surface area contributed by atoms with E-state index in [9.17, 15) is 5.11 Å². The average Bonchev–Trinajstić information content (AvgIpc) is 3.41. The van der Waals surface area contributed by atoms with E-state index in [2.05, 4.69) is 34.2 Å². The Hall–Kier alpha value is -3.12. The van der Waals surface area contributed by atoms with Crippen molar-refractivity contribution in [2.75, 3.05) is 26.2 Å². The Kier molecular flexibility index (Phi) is 8.03. The van der Waals surface area contributed by atoms with Gasteiger partial charge < -0.3 is 30.0 Å². The number of ether oxygens (including phenoxy) is 1. The summed E-state index contributed by atoms with van der Waals surface area (Å²) in [7, 11) is 0. The quantitative estimate of drug-likeness (QED) is 0.340. The van der Waals surface area contributed by atoms with Gasteiger partial charge in [0.1, 0.15) is 30.0 Å². The first-order valence-electron chi connectivity index (χ1n) is 9.97. The highest BCUT2D eigenvalue weighted by Crippen LogP contribution is 2.12. The van der Waals surface area contributed by atoms with Crippen LogP contribution in [0.4, 0.5) is 0 Å². The number of aryl methyl sites for hydroxylation is 1. The highest BCUT2D eigenvalue weighted by atomic mass is 16.5. The maximum absolute atomic E-state index is 9.84. The van der Waals surface area contributed by atoms with E-state index in [-0.39, 0.29) is 6.61 Å². The van der Waals surface area contributed by atoms with Gasteiger partial charge in [-0.15, -0.1) is 0 Å². The molecule has 0 aliphatic heterocycles. The van der Waals surface area contributed by atoms with E-state index in [1.54, 1.807) is 6.20 Å². The predicted molar refractivity (Wildman–Crippen MR) is 113 cm³/mol. The molecule has 0 aliphatic carbocycles. The Morgan fingerprint density at radius 3 is 2.90 bits per heavy atom. The molecule has 0 radical (unpaired) electrons. The van der Waals surface area contributed by atoms with E-state index < -0.39 is 6.10 Å². The second-order valence-electron chi connectivity index (χ2n) is 6.74. The fourth-order valence-electron chi connectivity index (χ4n) is 2.81. The lowest BCUT2D eigenvalue weighted by Crippen LogP contribution is -2.34. The summed E-state index contributed by atoms with van der Waals surface area (Å²) in [4.78, 5) is 4.30. The van der Waals surface area contributed by atoms with Crippen molar-refractivity contribution in [1.82, 2.24) is 20.0 Å². The van der Waals surface area contributed by atoms with Gasteiger partial charge in [-0.05, 0) is 30.2 Å². The van der Waals surface area contributed by atoms with Crippen molar-refractivity contribution in [1.29, 1.82) is 0 Å². The van der Waals surface area contributed by atoms with Gasteiger partial charge in [0.05, 0.1) is 6.54 Å². The molecule has 4 N–H and O–H groups in total. The number of aliphatic hydroxyl groups excluding tert-OH is 1. The van der Waals surface area contributed by atoms with Gasteiger partial charge in [-0.25, -0.2) is 4.98 Å². The molecule has 0 aliphatic rings. The van der Waals surface area contributed by atoms with Crippen LogP contribution in [-0.2, 0) is 13.0 Å². The minimum atomic E-state index is -0.590. The molecule has 0 fully saturated rings. The van der Waals surface area contributed by atoms with E-state index in [4.69, 9.17) is 15.0 Å². The first-order chi connectivity index (χ1) is 14.7. The van der Waals surface area contributed by atoms with Crippen LogP contribution in [0.5, 0.6) is 5.75 Å². The highest BCUT2D eigenvalue weighted by molar-refractivity contribution is 5.41. The summed E-state index contributed by atoms with van der Waals surface area (Å²) in [6, 6.07) is 9.20. The van der Waals surface area contributed by atoms with Crippen molar-refractivity contribution in [2.45, 2.75) is 26.0 Å². The molecule has 2 heterocycles. The number of aliphatic hydroxyl groups is 1. The summed E-state index contributed by atoms with van der Waals surface area (Å²) in [6.45, 7) is 4.53. The third-order valence-corrected chi connectivity index (χ3v) is 4.34. The molecule has 30 heavy (non-hydrogen) atoms. The minimum Gasteiger partial charge on any atom is -0.491 e. The maximum atomic E-state index is 9.84. The Bertz CT molecular complexity index is 969. The zero-order valence-electron chi connectivity index (χ0n) is 17.0. The molecule has 3 rings (SSSR count). The second kappa shape index (κ2) is 11.2. The molecule has 8 heteroatoms. The zero-order chi connectivity index (χ0) is 21.2. The van der Waals surface area contributed by atoms with Gasteiger partial charge in [-0.3, -0.25) is 0 Å². The predicted octanol–water partition coefficient (Wildman–Crippen LogP) is 1.17. The van der Waals surface area contributed by atoms with E-state index >= 15 is 0 Å². The Morgan fingerprint density at radius 2 is 2.13 bits per heavy atom. The van der Waals surface area contributed by atoms with Gasteiger partial charge in [0.15, 0.2) is 0 Å². The lowest BCUT2D eigenvalue weighted by atomic mass is 10.2. The van der Waals surface area contributed by atoms with Crippen molar-refractivity contribution in [3.8, 4) is 17.6 Å². The summed E-state index contributed by atoms with van der Waals surface area (Å²) in [5, 5.41) is 17.0. The fraction of sp³-hybridized carbons (Fsp3) is 0.364. The summed E-state index contributed by atoms with van der Waals surface area (Å²) in [6.07, 6.45) is 3.99. The summed E-state index contributed by atoms with van der Waals surface area (Å²) < 4.78 is 12.9. The third-order valence-electron chi connectivity index (χ3n) is 4.34. The lowest BCUT2D eigenvalue weighted by Gasteiger charge is -2.12. The number of nitrogens with one attached hydrogen (secondary N) is 1. The van der Waals surface area contributed by atoms with Gasteiger partial charge in [0, 0.05) is 50.1 Å². The van der Waals surface area contributed by atoms with Gasteiger partial charge in [-0.1, -0.05) is 18.0 Å². The molecule has 158 valence electrons. The van der Waals surface area contributed by atoms with Gasteiger partial charge in [0.2, 0.25) is 5.76 Å². The van der Waals surface area contributed by atoms with E-state index in [1.807, 2.05) is 41.1 Å². The normalized spacial score (nSPS) is 11.7. The molecule has 0 saturated carbocycles. The summed E-state index contributed by atoms with van der Waals surface area (Å²) >= 11 is 0. The molecular formula is C22H27N5O3. The monoisotopic (exact) mass is 409 g/mol. The smallest absolute Gasteiger partial charge is 0.210 e. The van der Waals surface area contributed by atoms with E-state index in [0.717, 1.165) is 23.5 Å². The molecule has 0 saturated heterocycles. The van der Waals surface area contributed by atoms with Crippen LogP contribution < -0.4 is 15.8 Å². The number of benzene rings is 1. The van der Waals surface area contributed by atoms with Gasteiger partial charge in [-0.2, -0.15) is 0 Å². The number of rotatable bonds is 10. The van der Waals surface area contributed by atoms with Crippen LogP contribution >= 0.6 is 0 Å². The molecular weight excluding hydrogens is 382 g/mol. The van der Waals surface area contributed by atoms with E-state index in [1.165, 1.54) is 0 Å². The number of nitrogens with zero attached hydrogens (tertiary/aromatic N) is 3. The van der Waals surface area contributed by atoms with Crippen LogP contribution in [0.1, 0.15) is 29.8 Å². The SMILES string of the molecule is CCc1nccn1Cc1cc(C#Cc2ccc(OCC(O)CNCCN)cc2)on1. The van der Waals surface area contributed by atoms with Crippen LogP contribution in [0, 0.1) is 11.8 Å². The molecule has 1 aromatic carbocycles. The Labute approximate surface area is 176 Å². The number of nitrogens with two attached hydrogens (primary N) is 1. The number of imidazole rings is 1. The summed E-state index contributed by atoms with van der Waals surface area (Å²) in [5.41, 5.74) is 7.02. The van der Waals surface area contributed by atoms with Crippen LogP contribution in [0.2, 0.25) is 0 Å². The maximum Gasteiger partial charge on any atom is 0.210 e. The minimum absolute atomic E-state index is 0.208. The van der Waals surface area contributed by atoms with Crippen LogP contribution in [0.25, 0.3) is 0 Å². The largest absolute Gasteiger partial charge is 0.491 e. The fourth-order valence-corrected chi connectivity index (χ4v) is 2.81. The van der Waals surface area contributed by atoms with Crippen LogP contribution in [0.15, 0.2) is 47.2 Å². The van der Waals surface area contributed by atoms with Crippen molar-refractivity contribution in [2.24, 2.45) is 5.73 Å². The molecule has 0 amide bonds. The summed E-state index contributed by atoms with van der Waals surface area (Å²) in [5.74, 6) is 8.23. The Balaban J connectivity index is 1.51. The molecule has 3 aromatic rings. The van der Waals surface area contributed by atoms with Gasteiger partial charge >= 0.3 is 0 Å². The lowest BCUT2D eigenvalue weighted by molar-refractivity contribution is 0.107. The molecule has 0 spiro atoms. The van der Waals surface area contributed by atoms with Crippen molar-refractivity contribution < 1.29 is 14.4 Å². The van der Waals surface area contributed by atoms with Crippen molar-refractivity contribution in [3.05, 3.63) is 65.6 Å². The number of aromatic nitrogens is 3. The van der Waals surface area contributed by atoms with E-state index in [0.29, 0.717) is 37.7 Å². The van der Waals surface area contributed by atoms with Crippen LogP contribution in [0.3, 0.4) is 0 Å². The first kappa shape index (κ1) is 21.6. The van der Waals surface area contributed by atoms with Crippen molar-refractivity contribution in [3.63, 3.8) is 0 Å². The molecule has 0 bridgehead atoms. The second-order valence-corrected chi connectivity index (χ2v) is 6.74. The van der Waals surface area contributed by atoms with Crippen LogP contribution in [-0.4, -0.2) is 52.2 Å². The third kappa shape index (κ3) is 6.46. The zero-order valence-corrected chi connectivity index (χ0v) is 17.0. The molecule has 1 atom stereocenters. The highest BCUT2D eigenvalue weighted by Gasteiger charge is 2.06. The average molecular weight is 409 g/mol. The van der Waals surface area contributed by atoms with Crippen molar-refractivity contribution >= 4 is 0 Å². The number of hydrogen-bond acceptors (Lipinski definition) is 7. The standard InChI is InChI=1S/C22H27N5O3/c1-2-22-25-11-12-27(22)15-18-13-21(30-26-18)8-5-17-3-6-20(7-4-17)29-16-19(28)14-24-10-9-23/h3-4,6-7,11-13,19,24,28H,2,9-10,14-16,23H2,1H3. The molecule has 2 aromatic heterocycles. The first-order valence-corrected chi connectivity index (χ1v) is 9.97. The topological polar surface area (TPSA) is 111 Å². The Morgan fingerprint density at radius 1 is 1.30 bits per heavy atom. The number of hydrogen-bond donors (Lipinski definition) is 3. The molecule has 8 nitrogen and oxygen atoms in total. The van der Waals surface area contributed by atoms with Gasteiger partial charge in [0.25, 0.3) is 0 Å².